The van der Waals surface area contributed by atoms with E-state index < -0.39 is 5.97 Å². The van der Waals surface area contributed by atoms with Crippen LogP contribution in [0.25, 0.3) is 5.69 Å². The maximum atomic E-state index is 11.0. The summed E-state index contributed by atoms with van der Waals surface area (Å²) in [4.78, 5) is 11.2. The van der Waals surface area contributed by atoms with Crippen LogP contribution in [0.4, 0.5) is 0 Å². The predicted octanol–water partition coefficient (Wildman–Crippen LogP) is 2.00. The molecule has 0 fully saturated rings. The molecular weight excluding hydrogens is 292 g/mol. The number of para-hydroxylation sites is 1. The van der Waals surface area contributed by atoms with Crippen molar-refractivity contribution in [2.24, 2.45) is 0 Å². The largest absolute Gasteiger partial charge is 0.484 e. The van der Waals surface area contributed by atoms with Crippen LogP contribution in [-0.4, -0.2) is 31.3 Å². The van der Waals surface area contributed by atoms with Crippen molar-refractivity contribution in [3.05, 3.63) is 52.5 Å². The van der Waals surface area contributed by atoms with E-state index in [2.05, 4.69) is 15.5 Å². The molecular formula is C13H10N4O3S. The Labute approximate surface area is 123 Å². The van der Waals surface area contributed by atoms with Gasteiger partial charge in [-0.05, 0) is 34.0 Å². The Kier molecular flexibility index (Phi) is 3.61. The maximum absolute atomic E-state index is 11.0. The topological polar surface area (TPSA) is 90.1 Å². The number of hydrogen-bond donors (Lipinski definition) is 1. The molecule has 2 aromatic heterocycles. The quantitative estimate of drug-likeness (QED) is 0.775. The van der Waals surface area contributed by atoms with Gasteiger partial charge in [-0.3, -0.25) is 0 Å². The third-order valence-corrected chi connectivity index (χ3v) is 3.60. The lowest BCUT2D eigenvalue weighted by molar-refractivity contribution is 0.0697. The summed E-state index contributed by atoms with van der Waals surface area (Å²) in [6, 6.07) is 11.0. The van der Waals surface area contributed by atoms with Gasteiger partial charge in [0.05, 0.1) is 5.69 Å². The molecule has 0 amide bonds. The molecule has 0 saturated heterocycles. The van der Waals surface area contributed by atoms with Gasteiger partial charge >= 0.3 is 5.97 Å². The molecule has 0 saturated carbocycles. The first kappa shape index (κ1) is 13.3. The Morgan fingerprint density at radius 3 is 2.86 bits per heavy atom. The molecule has 1 N–H and O–H groups in total. The zero-order chi connectivity index (χ0) is 14.7. The van der Waals surface area contributed by atoms with Gasteiger partial charge in [-0.1, -0.05) is 18.2 Å². The van der Waals surface area contributed by atoms with Crippen LogP contribution in [0, 0.1) is 0 Å². The van der Waals surface area contributed by atoms with E-state index >= 15 is 0 Å². The van der Waals surface area contributed by atoms with E-state index in [0.717, 1.165) is 17.0 Å². The van der Waals surface area contributed by atoms with E-state index in [1.165, 1.54) is 0 Å². The molecule has 0 aliphatic carbocycles. The van der Waals surface area contributed by atoms with Gasteiger partial charge in [0.2, 0.25) is 0 Å². The van der Waals surface area contributed by atoms with Gasteiger partial charge in [0.1, 0.15) is 12.4 Å². The van der Waals surface area contributed by atoms with Crippen LogP contribution in [0.15, 0.2) is 41.8 Å². The van der Waals surface area contributed by atoms with Gasteiger partial charge < -0.3 is 9.84 Å². The van der Waals surface area contributed by atoms with Crippen molar-refractivity contribution in [1.29, 1.82) is 0 Å². The average molecular weight is 302 g/mol. The van der Waals surface area contributed by atoms with E-state index in [0.29, 0.717) is 11.6 Å². The Morgan fingerprint density at radius 2 is 2.10 bits per heavy atom. The van der Waals surface area contributed by atoms with Crippen LogP contribution < -0.4 is 4.74 Å². The molecule has 0 aliphatic rings. The minimum absolute atomic E-state index is 0.0822. The Hall–Kier alpha value is -2.74. The van der Waals surface area contributed by atoms with Gasteiger partial charge in [0.25, 0.3) is 0 Å². The Morgan fingerprint density at radius 1 is 1.29 bits per heavy atom. The number of carboxylic acids is 1. The van der Waals surface area contributed by atoms with Crippen molar-refractivity contribution in [3.8, 4) is 11.4 Å². The van der Waals surface area contributed by atoms with Crippen molar-refractivity contribution in [2.75, 3.05) is 0 Å². The summed E-state index contributed by atoms with van der Waals surface area (Å²) in [5, 5.41) is 22.1. The van der Waals surface area contributed by atoms with Crippen molar-refractivity contribution in [2.45, 2.75) is 6.61 Å². The van der Waals surface area contributed by atoms with E-state index in [1.807, 2.05) is 30.3 Å². The van der Waals surface area contributed by atoms with Gasteiger partial charge in [-0.25, -0.2) is 4.79 Å². The highest BCUT2D eigenvalue weighted by Crippen LogP contribution is 2.25. The van der Waals surface area contributed by atoms with E-state index in [4.69, 9.17) is 9.84 Å². The molecule has 7 nitrogen and oxygen atoms in total. The third kappa shape index (κ3) is 2.75. The van der Waals surface area contributed by atoms with Crippen molar-refractivity contribution in [3.63, 3.8) is 0 Å². The smallest absolute Gasteiger partial charge is 0.349 e. The standard InChI is InChI=1S/C13H10N4O3S/c18-13(19)12-10(6-7-21-12)20-8-11-14-15-16-17(11)9-4-2-1-3-5-9/h1-7H,8H2,(H,18,19). The SMILES string of the molecule is O=C(O)c1sccc1OCc1nnnn1-c1ccccc1. The second kappa shape index (κ2) is 5.71. The summed E-state index contributed by atoms with van der Waals surface area (Å²) in [7, 11) is 0. The summed E-state index contributed by atoms with van der Waals surface area (Å²) in [5.41, 5.74) is 0.810. The van der Waals surface area contributed by atoms with Crippen LogP contribution in [0.3, 0.4) is 0 Å². The Balaban J connectivity index is 1.79. The lowest BCUT2D eigenvalue weighted by Crippen LogP contribution is -2.07. The lowest BCUT2D eigenvalue weighted by atomic mass is 10.3. The number of rotatable bonds is 5. The van der Waals surface area contributed by atoms with Gasteiger partial charge in [0.15, 0.2) is 10.7 Å². The zero-order valence-corrected chi connectivity index (χ0v) is 11.5. The van der Waals surface area contributed by atoms with Crippen molar-refractivity contribution >= 4 is 17.3 Å². The number of nitrogens with zero attached hydrogens (tertiary/aromatic N) is 4. The molecule has 0 bridgehead atoms. The minimum atomic E-state index is -1.01. The molecule has 106 valence electrons. The summed E-state index contributed by atoms with van der Waals surface area (Å²) in [6.45, 7) is 0.0822. The van der Waals surface area contributed by atoms with E-state index in [9.17, 15) is 4.79 Å². The van der Waals surface area contributed by atoms with Gasteiger partial charge in [0, 0.05) is 0 Å². The first-order valence-corrected chi connectivity index (χ1v) is 6.90. The third-order valence-electron chi connectivity index (χ3n) is 2.71. The fraction of sp³-hybridized carbons (Fsp3) is 0.0769. The molecule has 2 heterocycles. The molecule has 1 aromatic carbocycles. The van der Waals surface area contributed by atoms with E-state index in [-0.39, 0.29) is 11.5 Å². The molecule has 3 rings (SSSR count). The first-order chi connectivity index (χ1) is 10.3. The van der Waals surface area contributed by atoms with Crippen LogP contribution in [0.5, 0.6) is 5.75 Å². The number of ether oxygens (including phenoxy) is 1. The summed E-state index contributed by atoms with van der Waals surface area (Å²) < 4.78 is 7.06. The van der Waals surface area contributed by atoms with Gasteiger partial charge in [-0.2, -0.15) is 4.68 Å². The molecule has 0 atom stereocenters. The molecule has 21 heavy (non-hydrogen) atoms. The number of tetrazole rings is 1. The number of thiophene rings is 1. The lowest BCUT2D eigenvalue weighted by Gasteiger charge is -2.06. The molecule has 0 spiro atoms. The highest BCUT2D eigenvalue weighted by molar-refractivity contribution is 7.12. The molecule has 0 radical (unpaired) electrons. The number of hydrogen-bond acceptors (Lipinski definition) is 6. The summed E-state index contributed by atoms with van der Waals surface area (Å²) in [5.74, 6) is -0.207. The predicted molar refractivity (Wildman–Crippen MR) is 74.8 cm³/mol. The Bertz CT molecular complexity index is 754. The molecule has 0 unspecified atom stereocenters. The van der Waals surface area contributed by atoms with Crippen molar-refractivity contribution in [1.82, 2.24) is 20.2 Å². The van der Waals surface area contributed by atoms with E-state index in [1.54, 1.807) is 16.1 Å². The summed E-state index contributed by atoms with van der Waals surface area (Å²) in [6.07, 6.45) is 0. The highest BCUT2D eigenvalue weighted by Gasteiger charge is 2.15. The van der Waals surface area contributed by atoms with Gasteiger partial charge in [-0.15, -0.1) is 16.4 Å². The maximum Gasteiger partial charge on any atom is 0.349 e. The normalized spacial score (nSPS) is 10.5. The fourth-order valence-electron chi connectivity index (χ4n) is 1.77. The second-order valence-electron chi connectivity index (χ2n) is 4.05. The second-order valence-corrected chi connectivity index (χ2v) is 4.97. The monoisotopic (exact) mass is 302 g/mol. The van der Waals surface area contributed by atoms with Crippen LogP contribution >= 0.6 is 11.3 Å². The summed E-state index contributed by atoms with van der Waals surface area (Å²) >= 11 is 1.11. The minimum Gasteiger partial charge on any atom is -0.484 e. The number of carbonyl (C=O) groups is 1. The van der Waals surface area contributed by atoms with Crippen molar-refractivity contribution < 1.29 is 14.6 Å². The average Bonchev–Trinajstić information content (AvgIpc) is 3.15. The molecule has 8 heteroatoms. The number of carboxylic acid groups (broad SMARTS) is 1. The number of aromatic carboxylic acids is 1. The number of benzene rings is 1. The zero-order valence-electron chi connectivity index (χ0n) is 10.7. The van der Waals surface area contributed by atoms with Crippen LogP contribution in [0.2, 0.25) is 0 Å². The fourth-order valence-corrected chi connectivity index (χ4v) is 2.45. The molecule has 3 aromatic rings. The number of aromatic nitrogens is 4. The first-order valence-electron chi connectivity index (χ1n) is 6.02. The van der Waals surface area contributed by atoms with Crippen LogP contribution in [-0.2, 0) is 6.61 Å². The van der Waals surface area contributed by atoms with Crippen LogP contribution in [0.1, 0.15) is 15.5 Å². The molecule has 0 aliphatic heterocycles. The highest BCUT2D eigenvalue weighted by atomic mass is 32.1.